The van der Waals surface area contributed by atoms with Crippen LogP contribution in [0.3, 0.4) is 0 Å². The van der Waals surface area contributed by atoms with Gasteiger partial charge >= 0.3 is 0 Å². The lowest BCUT2D eigenvalue weighted by Gasteiger charge is -2.40. The Morgan fingerprint density at radius 2 is 1.96 bits per heavy atom. The molecule has 0 bridgehead atoms. The van der Waals surface area contributed by atoms with Crippen molar-refractivity contribution in [2.24, 2.45) is 0 Å². The number of pyridine rings is 1. The van der Waals surface area contributed by atoms with Gasteiger partial charge < -0.3 is 9.80 Å². The molecule has 0 aromatic carbocycles. The van der Waals surface area contributed by atoms with E-state index in [9.17, 15) is 9.59 Å². The van der Waals surface area contributed by atoms with Gasteiger partial charge in [0.1, 0.15) is 17.7 Å². The van der Waals surface area contributed by atoms with E-state index >= 15 is 0 Å². The average molecular weight is 382 g/mol. The first-order valence-corrected chi connectivity index (χ1v) is 9.89. The van der Waals surface area contributed by atoms with E-state index in [2.05, 4.69) is 15.0 Å². The molecule has 2 aliphatic heterocycles. The second kappa shape index (κ2) is 7.61. The number of aryl methyl sites for hydroxylation is 2. The van der Waals surface area contributed by atoms with E-state index in [1.54, 1.807) is 11.1 Å². The summed E-state index contributed by atoms with van der Waals surface area (Å²) in [5.41, 5.74) is 0.862. The highest BCUT2D eigenvalue weighted by atomic mass is 16.2. The van der Waals surface area contributed by atoms with Crippen molar-refractivity contribution >= 4 is 23.5 Å². The van der Waals surface area contributed by atoms with Crippen LogP contribution in [-0.4, -0.2) is 63.7 Å². The van der Waals surface area contributed by atoms with Crippen LogP contribution >= 0.6 is 0 Å². The predicted molar refractivity (Wildman–Crippen MR) is 106 cm³/mol. The summed E-state index contributed by atoms with van der Waals surface area (Å²) >= 11 is 0. The molecule has 28 heavy (non-hydrogen) atoms. The second-order valence-corrected chi connectivity index (χ2v) is 7.31. The molecule has 0 saturated carbocycles. The largest absolute Gasteiger partial charge is 0.353 e. The molecular weight excluding hydrogens is 356 g/mol. The van der Waals surface area contributed by atoms with E-state index in [-0.39, 0.29) is 11.8 Å². The number of piperazine rings is 1. The SMILES string of the molecule is CCC(C(=O)N1CCN(c2ccccn2)CC1)N1C(=O)CCn2nc(C)cc21. The van der Waals surface area contributed by atoms with Crippen LogP contribution < -0.4 is 9.80 Å². The fraction of sp³-hybridized carbons (Fsp3) is 0.500. The number of carbonyl (C=O) groups excluding carboxylic acids is 2. The van der Waals surface area contributed by atoms with Crippen LogP contribution in [0.1, 0.15) is 25.5 Å². The van der Waals surface area contributed by atoms with Crippen molar-refractivity contribution in [3.63, 3.8) is 0 Å². The van der Waals surface area contributed by atoms with Gasteiger partial charge in [0.25, 0.3) is 0 Å². The summed E-state index contributed by atoms with van der Waals surface area (Å²) < 4.78 is 1.84. The molecule has 8 heteroatoms. The molecule has 1 atom stereocenters. The number of nitrogens with zero attached hydrogens (tertiary/aromatic N) is 6. The van der Waals surface area contributed by atoms with Crippen LogP contribution in [0, 0.1) is 6.92 Å². The van der Waals surface area contributed by atoms with E-state index in [0.29, 0.717) is 32.5 Å². The third kappa shape index (κ3) is 3.34. The number of aromatic nitrogens is 3. The van der Waals surface area contributed by atoms with Crippen molar-refractivity contribution in [2.75, 3.05) is 36.0 Å². The van der Waals surface area contributed by atoms with Crippen molar-refractivity contribution < 1.29 is 9.59 Å². The maximum absolute atomic E-state index is 13.3. The van der Waals surface area contributed by atoms with Crippen LogP contribution in [0.2, 0.25) is 0 Å². The van der Waals surface area contributed by atoms with Crippen molar-refractivity contribution in [3.8, 4) is 0 Å². The number of carbonyl (C=O) groups is 2. The Balaban J connectivity index is 1.49. The molecule has 2 amide bonds. The van der Waals surface area contributed by atoms with Gasteiger partial charge in [-0.3, -0.25) is 14.5 Å². The van der Waals surface area contributed by atoms with E-state index in [0.717, 1.165) is 30.4 Å². The molecule has 0 aliphatic carbocycles. The molecule has 2 aliphatic rings. The summed E-state index contributed by atoms with van der Waals surface area (Å²) in [6.45, 7) is 7.19. The van der Waals surface area contributed by atoms with E-state index in [4.69, 9.17) is 0 Å². The minimum absolute atomic E-state index is 0.000258. The van der Waals surface area contributed by atoms with E-state index in [1.807, 2.05) is 47.7 Å². The Kier molecular flexibility index (Phi) is 5.02. The monoisotopic (exact) mass is 382 g/mol. The van der Waals surface area contributed by atoms with Crippen LogP contribution in [0.4, 0.5) is 11.6 Å². The van der Waals surface area contributed by atoms with Gasteiger partial charge in [0.15, 0.2) is 0 Å². The molecule has 0 spiro atoms. The third-order valence-corrected chi connectivity index (χ3v) is 5.48. The van der Waals surface area contributed by atoms with Crippen LogP contribution in [-0.2, 0) is 16.1 Å². The van der Waals surface area contributed by atoms with Gasteiger partial charge in [0.2, 0.25) is 11.8 Å². The lowest BCUT2D eigenvalue weighted by atomic mass is 10.1. The van der Waals surface area contributed by atoms with Gasteiger partial charge in [-0.15, -0.1) is 0 Å². The number of hydrogen-bond donors (Lipinski definition) is 0. The highest BCUT2D eigenvalue weighted by Crippen LogP contribution is 2.27. The summed E-state index contributed by atoms with van der Waals surface area (Å²) in [5, 5.41) is 4.45. The van der Waals surface area contributed by atoms with Crippen LogP contribution in [0.25, 0.3) is 0 Å². The maximum atomic E-state index is 13.3. The molecule has 4 rings (SSSR count). The Bertz CT molecular complexity index is 857. The Labute approximate surface area is 164 Å². The topological polar surface area (TPSA) is 74.6 Å². The van der Waals surface area contributed by atoms with E-state index in [1.165, 1.54) is 0 Å². The maximum Gasteiger partial charge on any atom is 0.245 e. The number of anilines is 2. The molecule has 148 valence electrons. The molecule has 1 unspecified atom stereocenters. The van der Waals surface area contributed by atoms with Gasteiger partial charge in [0, 0.05) is 44.9 Å². The molecule has 1 saturated heterocycles. The molecule has 0 N–H and O–H groups in total. The fourth-order valence-corrected chi connectivity index (χ4v) is 4.05. The minimum Gasteiger partial charge on any atom is -0.353 e. The summed E-state index contributed by atoms with van der Waals surface area (Å²) in [5.74, 6) is 1.69. The normalized spacial score (nSPS) is 18.2. The lowest BCUT2D eigenvalue weighted by molar-refractivity contribution is -0.135. The first-order valence-electron chi connectivity index (χ1n) is 9.89. The Morgan fingerprint density at radius 1 is 1.18 bits per heavy atom. The fourth-order valence-electron chi connectivity index (χ4n) is 4.05. The minimum atomic E-state index is -0.482. The van der Waals surface area contributed by atoms with Gasteiger partial charge in [0.05, 0.1) is 12.2 Å². The van der Waals surface area contributed by atoms with Crippen molar-refractivity contribution in [1.82, 2.24) is 19.7 Å². The van der Waals surface area contributed by atoms with Crippen molar-refractivity contribution in [1.29, 1.82) is 0 Å². The molecular formula is C20H26N6O2. The predicted octanol–water partition coefficient (Wildman–Crippen LogP) is 1.45. The van der Waals surface area contributed by atoms with Crippen molar-refractivity contribution in [2.45, 2.75) is 39.3 Å². The number of fused-ring (bicyclic) bond motifs is 1. The Morgan fingerprint density at radius 3 is 2.64 bits per heavy atom. The molecule has 2 aromatic rings. The molecule has 4 heterocycles. The second-order valence-electron chi connectivity index (χ2n) is 7.31. The summed E-state index contributed by atoms with van der Waals surface area (Å²) in [6.07, 6.45) is 2.74. The molecule has 8 nitrogen and oxygen atoms in total. The first-order chi connectivity index (χ1) is 13.6. The lowest BCUT2D eigenvalue weighted by Crippen LogP contribution is -2.57. The molecule has 1 fully saturated rings. The zero-order valence-electron chi connectivity index (χ0n) is 16.4. The standard InChI is InChI=1S/C20H26N6O2/c1-3-16(26-18-14-15(2)22-25(18)9-7-19(26)27)20(28)24-12-10-23(11-13-24)17-6-4-5-8-21-17/h4-6,8,14,16H,3,7,9-13H2,1-2H3. The van der Waals surface area contributed by atoms with Crippen molar-refractivity contribution in [3.05, 3.63) is 36.2 Å². The summed E-state index contributed by atoms with van der Waals surface area (Å²) in [4.78, 5) is 36.1. The van der Waals surface area contributed by atoms with Crippen LogP contribution in [0.15, 0.2) is 30.5 Å². The summed E-state index contributed by atoms with van der Waals surface area (Å²) in [6, 6.07) is 7.27. The number of hydrogen-bond acceptors (Lipinski definition) is 5. The van der Waals surface area contributed by atoms with Gasteiger partial charge in [-0.05, 0) is 25.5 Å². The average Bonchev–Trinajstić information content (AvgIpc) is 3.11. The number of amides is 2. The molecule has 0 radical (unpaired) electrons. The number of rotatable bonds is 4. The highest BCUT2D eigenvalue weighted by molar-refractivity contribution is 6.01. The zero-order chi connectivity index (χ0) is 19.7. The molecule has 2 aromatic heterocycles. The highest BCUT2D eigenvalue weighted by Gasteiger charge is 2.37. The quantitative estimate of drug-likeness (QED) is 0.800. The Hall–Kier alpha value is -2.90. The zero-order valence-corrected chi connectivity index (χ0v) is 16.4. The third-order valence-electron chi connectivity index (χ3n) is 5.48. The first kappa shape index (κ1) is 18.5. The smallest absolute Gasteiger partial charge is 0.245 e. The summed E-state index contributed by atoms with van der Waals surface area (Å²) in [7, 11) is 0. The van der Waals surface area contributed by atoms with Gasteiger partial charge in [-0.1, -0.05) is 13.0 Å². The van der Waals surface area contributed by atoms with Gasteiger partial charge in [-0.2, -0.15) is 5.10 Å². The van der Waals surface area contributed by atoms with E-state index < -0.39 is 6.04 Å². The van der Waals surface area contributed by atoms with Crippen LogP contribution in [0.5, 0.6) is 0 Å². The van der Waals surface area contributed by atoms with Gasteiger partial charge in [-0.25, -0.2) is 9.67 Å².